The van der Waals surface area contributed by atoms with Crippen molar-refractivity contribution in [3.8, 4) is 0 Å². The number of benzene rings is 1. The second-order valence-corrected chi connectivity index (χ2v) is 5.65. The lowest BCUT2D eigenvalue weighted by Crippen LogP contribution is -2.26. The van der Waals surface area contributed by atoms with Gasteiger partial charge in [-0.05, 0) is 17.9 Å². The largest absolute Gasteiger partial charge is 0.383 e. The number of amides is 1. The number of nitrogens with one attached hydrogen (secondary N) is 1. The van der Waals surface area contributed by atoms with Gasteiger partial charge in [-0.15, -0.1) is 0 Å². The maximum absolute atomic E-state index is 12.2. The lowest BCUT2D eigenvalue weighted by molar-refractivity contribution is -0.122. The Hall–Kier alpha value is -2.14. The summed E-state index contributed by atoms with van der Waals surface area (Å²) in [5.74, 6) is 0.616. The lowest BCUT2D eigenvalue weighted by Gasteiger charge is -2.09. The first kappa shape index (κ1) is 14.8. The summed E-state index contributed by atoms with van der Waals surface area (Å²) in [5, 5.41) is 3.02. The van der Waals surface area contributed by atoms with Crippen molar-refractivity contribution in [1.82, 2.24) is 14.9 Å². The molecule has 2 aromatic rings. The number of methoxy groups -OCH3 is 1. The van der Waals surface area contributed by atoms with Crippen LogP contribution in [0.2, 0.25) is 0 Å². The Morgan fingerprint density at radius 3 is 3.00 bits per heavy atom. The van der Waals surface area contributed by atoms with E-state index in [2.05, 4.69) is 22.4 Å². The van der Waals surface area contributed by atoms with Crippen molar-refractivity contribution in [2.75, 3.05) is 13.7 Å². The molecule has 3 rings (SSSR count). The standard InChI is InChI=1S/C17H21N3O2/c1-22-8-7-20-12-18-10-14(20)11-19-17(21)16-9-15(16)13-5-3-2-4-6-13/h2-6,10,12,15-16H,7-9,11H2,1H3,(H,19,21)/t15-,16+/m0/s1. The summed E-state index contributed by atoms with van der Waals surface area (Å²) in [5.41, 5.74) is 2.26. The zero-order valence-electron chi connectivity index (χ0n) is 12.7. The Bertz CT molecular complexity index is 624. The Morgan fingerprint density at radius 1 is 1.41 bits per heavy atom. The number of aromatic nitrogens is 2. The molecule has 0 spiro atoms. The van der Waals surface area contributed by atoms with E-state index < -0.39 is 0 Å². The van der Waals surface area contributed by atoms with Crippen LogP contribution >= 0.6 is 0 Å². The van der Waals surface area contributed by atoms with Crippen molar-refractivity contribution in [2.45, 2.75) is 25.4 Å². The fraction of sp³-hybridized carbons (Fsp3) is 0.412. The molecule has 1 fully saturated rings. The van der Waals surface area contributed by atoms with Crippen molar-refractivity contribution in [2.24, 2.45) is 5.92 Å². The Kier molecular flexibility index (Phi) is 4.53. The van der Waals surface area contributed by atoms with Crippen LogP contribution < -0.4 is 5.32 Å². The summed E-state index contributed by atoms with van der Waals surface area (Å²) in [7, 11) is 1.68. The maximum atomic E-state index is 12.2. The smallest absolute Gasteiger partial charge is 0.224 e. The Labute approximate surface area is 130 Å². The molecule has 0 bridgehead atoms. The van der Waals surface area contributed by atoms with Gasteiger partial charge in [-0.1, -0.05) is 30.3 Å². The second-order valence-electron chi connectivity index (χ2n) is 5.65. The number of carbonyl (C=O) groups excluding carboxylic acids is 1. The van der Waals surface area contributed by atoms with Gasteiger partial charge in [0.2, 0.25) is 5.91 Å². The summed E-state index contributed by atoms with van der Waals surface area (Å²) in [4.78, 5) is 16.4. The molecule has 5 nitrogen and oxygen atoms in total. The van der Waals surface area contributed by atoms with Crippen LogP contribution in [0.15, 0.2) is 42.9 Å². The van der Waals surface area contributed by atoms with E-state index in [1.807, 2.05) is 22.8 Å². The van der Waals surface area contributed by atoms with E-state index in [1.165, 1.54) is 5.56 Å². The summed E-state index contributed by atoms with van der Waals surface area (Å²) in [6.45, 7) is 1.90. The van der Waals surface area contributed by atoms with E-state index in [0.29, 0.717) is 19.1 Å². The van der Waals surface area contributed by atoms with Crippen molar-refractivity contribution in [1.29, 1.82) is 0 Å². The minimum Gasteiger partial charge on any atom is -0.383 e. The van der Waals surface area contributed by atoms with Crippen LogP contribution in [-0.2, 0) is 22.6 Å². The molecule has 1 N–H and O–H groups in total. The molecule has 1 aliphatic rings. The van der Waals surface area contributed by atoms with Crippen LogP contribution in [0.3, 0.4) is 0 Å². The molecule has 5 heteroatoms. The third-order valence-electron chi connectivity index (χ3n) is 4.13. The maximum Gasteiger partial charge on any atom is 0.224 e. The number of ether oxygens (including phenoxy) is 1. The van der Waals surface area contributed by atoms with Gasteiger partial charge in [-0.25, -0.2) is 4.98 Å². The molecule has 1 amide bonds. The number of hydrogen-bond acceptors (Lipinski definition) is 3. The van der Waals surface area contributed by atoms with Crippen molar-refractivity contribution in [3.63, 3.8) is 0 Å². The predicted octanol–water partition coefficient (Wildman–Crippen LogP) is 1.95. The van der Waals surface area contributed by atoms with Crippen LogP contribution in [0.4, 0.5) is 0 Å². The van der Waals surface area contributed by atoms with Gasteiger partial charge in [0, 0.05) is 25.8 Å². The number of hydrogen-bond donors (Lipinski definition) is 1. The first-order chi connectivity index (χ1) is 10.8. The Morgan fingerprint density at radius 2 is 2.23 bits per heavy atom. The third kappa shape index (κ3) is 3.36. The molecule has 0 saturated heterocycles. The predicted molar refractivity (Wildman–Crippen MR) is 83.2 cm³/mol. The molecule has 0 unspecified atom stereocenters. The van der Waals surface area contributed by atoms with E-state index in [-0.39, 0.29) is 11.8 Å². The molecule has 22 heavy (non-hydrogen) atoms. The van der Waals surface area contributed by atoms with Gasteiger partial charge >= 0.3 is 0 Å². The Balaban J connectivity index is 1.51. The van der Waals surface area contributed by atoms with Crippen LogP contribution in [-0.4, -0.2) is 29.2 Å². The molecule has 1 aromatic carbocycles. The fourth-order valence-electron chi connectivity index (χ4n) is 2.75. The van der Waals surface area contributed by atoms with E-state index in [4.69, 9.17) is 4.74 Å². The number of rotatable bonds is 7. The van der Waals surface area contributed by atoms with Crippen molar-refractivity contribution in [3.05, 3.63) is 54.1 Å². The van der Waals surface area contributed by atoms with E-state index in [0.717, 1.165) is 18.7 Å². The van der Waals surface area contributed by atoms with E-state index in [9.17, 15) is 4.79 Å². The van der Waals surface area contributed by atoms with Crippen LogP contribution in [0.25, 0.3) is 0 Å². The molecule has 0 aliphatic heterocycles. The highest BCUT2D eigenvalue weighted by atomic mass is 16.5. The van der Waals surface area contributed by atoms with Crippen LogP contribution in [0.1, 0.15) is 23.6 Å². The highest BCUT2D eigenvalue weighted by Crippen LogP contribution is 2.47. The summed E-state index contributed by atoms with van der Waals surface area (Å²) >= 11 is 0. The van der Waals surface area contributed by atoms with Gasteiger partial charge < -0.3 is 14.6 Å². The molecule has 1 heterocycles. The quantitative estimate of drug-likeness (QED) is 0.850. The minimum absolute atomic E-state index is 0.109. The monoisotopic (exact) mass is 299 g/mol. The number of nitrogens with zero attached hydrogens (tertiary/aromatic N) is 2. The summed E-state index contributed by atoms with van der Waals surface area (Å²) in [6, 6.07) is 10.2. The average molecular weight is 299 g/mol. The zero-order valence-corrected chi connectivity index (χ0v) is 12.7. The molecule has 1 aliphatic carbocycles. The van der Waals surface area contributed by atoms with E-state index >= 15 is 0 Å². The molecular formula is C17H21N3O2. The number of imidazole rings is 1. The SMILES string of the molecule is COCCn1cncc1CNC(=O)[C@@H]1C[C@H]1c1ccccc1. The summed E-state index contributed by atoms with van der Waals surface area (Å²) in [6.07, 6.45) is 4.50. The lowest BCUT2D eigenvalue weighted by atomic mass is 10.1. The third-order valence-corrected chi connectivity index (χ3v) is 4.13. The highest BCUT2D eigenvalue weighted by Gasteiger charge is 2.43. The highest BCUT2D eigenvalue weighted by molar-refractivity contribution is 5.82. The molecule has 116 valence electrons. The summed E-state index contributed by atoms with van der Waals surface area (Å²) < 4.78 is 7.08. The molecular weight excluding hydrogens is 278 g/mol. The number of carbonyl (C=O) groups is 1. The van der Waals surface area contributed by atoms with Crippen LogP contribution in [0.5, 0.6) is 0 Å². The molecule has 1 saturated carbocycles. The fourth-order valence-corrected chi connectivity index (χ4v) is 2.75. The van der Waals surface area contributed by atoms with Gasteiger partial charge in [-0.2, -0.15) is 0 Å². The zero-order chi connectivity index (χ0) is 15.4. The molecule has 1 aromatic heterocycles. The van der Waals surface area contributed by atoms with Gasteiger partial charge in [0.05, 0.1) is 25.2 Å². The average Bonchev–Trinajstić information content (AvgIpc) is 3.24. The van der Waals surface area contributed by atoms with Crippen molar-refractivity contribution < 1.29 is 9.53 Å². The van der Waals surface area contributed by atoms with Gasteiger partial charge in [0.1, 0.15) is 0 Å². The normalized spacial score (nSPS) is 19.9. The first-order valence-electron chi connectivity index (χ1n) is 7.60. The molecule has 0 radical (unpaired) electrons. The van der Waals surface area contributed by atoms with Crippen LogP contribution in [0, 0.1) is 5.92 Å². The van der Waals surface area contributed by atoms with Crippen molar-refractivity contribution >= 4 is 5.91 Å². The topological polar surface area (TPSA) is 56.1 Å². The van der Waals surface area contributed by atoms with Gasteiger partial charge in [0.15, 0.2) is 0 Å². The second kappa shape index (κ2) is 6.75. The van der Waals surface area contributed by atoms with E-state index in [1.54, 1.807) is 19.6 Å². The molecule has 2 atom stereocenters. The first-order valence-corrected chi connectivity index (χ1v) is 7.60. The van der Waals surface area contributed by atoms with Gasteiger partial charge in [-0.3, -0.25) is 4.79 Å². The minimum atomic E-state index is 0.109. The van der Waals surface area contributed by atoms with Gasteiger partial charge in [0.25, 0.3) is 0 Å².